The van der Waals surface area contributed by atoms with Crippen molar-refractivity contribution in [1.29, 1.82) is 0 Å². The highest BCUT2D eigenvalue weighted by Crippen LogP contribution is 2.30. The number of hydrogen-bond acceptors (Lipinski definition) is 3. The summed E-state index contributed by atoms with van der Waals surface area (Å²) in [5, 5.41) is 0. The van der Waals surface area contributed by atoms with Gasteiger partial charge in [0.25, 0.3) is 0 Å². The van der Waals surface area contributed by atoms with Crippen LogP contribution in [0, 0.1) is 6.92 Å². The number of hydrogen-bond donors (Lipinski definition) is 1. The van der Waals surface area contributed by atoms with Gasteiger partial charge >= 0.3 is 0 Å². The number of carbonyl (C=O) groups excluding carboxylic acids is 1. The Labute approximate surface area is 89.7 Å². The summed E-state index contributed by atoms with van der Waals surface area (Å²) in [6.07, 6.45) is 5.35. The fourth-order valence-electron chi connectivity index (χ4n) is 2.12. The van der Waals surface area contributed by atoms with Gasteiger partial charge in [-0.25, -0.2) is 0 Å². The molecule has 1 fully saturated rings. The van der Waals surface area contributed by atoms with Gasteiger partial charge in [-0.15, -0.1) is 0 Å². The molecule has 2 rings (SSSR count). The largest absolute Gasteiger partial charge is 0.319 e. The van der Waals surface area contributed by atoms with E-state index < -0.39 is 5.54 Å². The molecule has 3 nitrogen and oxygen atoms in total. The fourth-order valence-corrected chi connectivity index (χ4v) is 2.12. The quantitative estimate of drug-likeness (QED) is 0.748. The highest BCUT2D eigenvalue weighted by Gasteiger charge is 2.37. The van der Waals surface area contributed by atoms with Crippen molar-refractivity contribution in [3.63, 3.8) is 0 Å². The normalized spacial score (nSPS) is 19.1. The first-order chi connectivity index (χ1) is 7.12. The molecule has 1 heterocycles. The lowest BCUT2D eigenvalue weighted by Gasteiger charge is -2.21. The minimum Gasteiger partial charge on any atom is -0.319 e. The molecule has 3 heteroatoms. The third-order valence-corrected chi connectivity index (χ3v) is 3.12. The molecule has 1 saturated carbocycles. The maximum Gasteiger partial charge on any atom is 0.184 e. The van der Waals surface area contributed by atoms with Gasteiger partial charge in [0.15, 0.2) is 5.78 Å². The number of pyridine rings is 1. The Morgan fingerprint density at radius 1 is 1.40 bits per heavy atom. The topological polar surface area (TPSA) is 56.0 Å². The number of aryl methyl sites for hydroxylation is 1. The SMILES string of the molecule is Cc1ccc(C(=O)C2(N)CCCC2)cn1. The molecule has 0 atom stereocenters. The first-order valence-electron chi connectivity index (χ1n) is 5.38. The highest BCUT2D eigenvalue weighted by atomic mass is 16.1. The van der Waals surface area contributed by atoms with Gasteiger partial charge in [0.2, 0.25) is 0 Å². The van der Waals surface area contributed by atoms with E-state index in [4.69, 9.17) is 5.73 Å². The van der Waals surface area contributed by atoms with Gasteiger partial charge in [-0.05, 0) is 31.9 Å². The summed E-state index contributed by atoms with van der Waals surface area (Å²) in [6, 6.07) is 3.67. The number of nitrogens with zero attached hydrogens (tertiary/aromatic N) is 1. The van der Waals surface area contributed by atoms with E-state index in [1.54, 1.807) is 6.20 Å². The molecular formula is C12H16N2O. The lowest BCUT2D eigenvalue weighted by atomic mass is 9.89. The second-order valence-corrected chi connectivity index (χ2v) is 4.38. The summed E-state index contributed by atoms with van der Waals surface area (Å²) in [5.41, 5.74) is 7.03. The van der Waals surface area contributed by atoms with Crippen molar-refractivity contribution in [3.05, 3.63) is 29.6 Å². The first-order valence-corrected chi connectivity index (χ1v) is 5.38. The molecule has 0 radical (unpaired) electrons. The van der Waals surface area contributed by atoms with Crippen molar-refractivity contribution in [2.45, 2.75) is 38.1 Å². The van der Waals surface area contributed by atoms with Crippen LogP contribution in [-0.4, -0.2) is 16.3 Å². The summed E-state index contributed by atoms with van der Waals surface area (Å²) < 4.78 is 0. The minimum atomic E-state index is -0.628. The van der Waals surface area contributed by atoms with Crippen LogP contribution in [0.5, 0.6) is 0 Å². The van der Waals surface area contributed by atoms with Crippen LogP contribution in [0.3, 0.4) is 0 Å². The lowest BCUT2D eigenvalue weighted by Crippen LogP contribution is -2.45. The van der Waals surface area contributed by atoms with Crippen molar-refractivity contribution in [2.75, 3.05) is 0 Å². The second kappa shape index (κ2) is 3.74. The van der Waals surface area contributed by atoms with Gasteiger partial charge in [-0.3, -0.25) is 9.78 Å². The predicted octanol–water partition coefficient (Wildman–Crippen LogP) is 1.84. The molecule has 0 bridgehead atoms. The number of rotatable bonds is 2. The Morgan fingerprint density at radius 2 is 2.07 bits per heavy atom. The van der Waals surface area contributed by atoms with Gasteiger partial charge < -0.3 is 5.73 Å². The molecule has 0 saturated heterocycles. The summed E-state index contributed by atoms with van der Waals surface area (Å²) in [7, 11) is 0. The van der Waals surface area contributed by atoms with Gasteiger partial charge in [0, 0.05) is 17.5 Å². The molecule has 15 heavy (non-hydrogen) atoms. The van der Waals surface area contributed by atoms with Gasteiger partial charge in [-0.2, -0.15) is 0 Å². The van der Waals surface area contributed by atoms with Crippen molar-refractivity contribution in [2.24, 2.45) is 5.73 Å². The number of nitrogens with two attached hydrogens (primary N) is 1. The van der Waals surface area contributed by atoms with Crippen molar-refractivity contribution >= 4 is 5.78 Å². The predicted molar refractivity (Wildman–Crippen MR) is 58.7 cm³/mol. The van der Waals surface area contributed by atoms with E-state index in [1.165, 1.54) is 0 Å². The maximum absolute atomic E-state index is 12.1. The van der Waals surface area contributed by atoms with E-state index >= 15 is 0 Å². The van der Waals surface area contributed by atoms with Gasteiger partial charge in [-0.1, -0.05) is 12.8 Å². The Bertz CT molecular complexity index is 364. The van der Waals surface area contributed by atoms with Gasteiger partial charge in [0.05, 0.1) is 5.54 Å². The Balaban J connectivity index is 2.24. The molecule has 0 spiro atoms. The van der Waals surface area contributed by atoms with Crippen LogP contribution >= 0.6 is 0 Å². The van der Waals surface area contributed by atoms with Crippen LogP contribution < -0.4 is 5.73 Å². The fraction of sp³-hybridized carbons (Fsp3) is 0.500. The summed E-state index contributed by atoms with van der Waals surface area (Å²) in [5.74, 6) is 0.0486. The molecule has 80 valence electrons. The average Bonchev–Trinajstić information content (AvgIpc) is 2.67. The third kappa shape index (κ3) is 1.92. The van der Waals surface area contributed by atoms with E-state index in [0.29, 0.717) is 5.56 Å². The third-order valence-electron chi connectivity index (χ3n) is 3.12. The Kier molecular flexibility index (Phi) is 2.57. The molecule has 1 aliphatic rings. The number of carbonyl (C=O) groups is 1. The molecular weight excluding hydrogens is 188 g/mol. The second-order valence-electron chi connectivity index (χ2n) is 4.38. The summed E-state index contributed by atoms with van der Waals surface area (Å²) >= 11 is 0. The standard InChI is InChI=1S/C12H16N2O/c1-9-4-5-10(8-14-9)11(15)12(13)6-2-3-7-12/h4-5,8H,2-3,6-7,13H2,1H3. The Hall–Kier alpha value is -1.22. The molecule has 0 unspecified atom stereocenters. The van der Waals surface area contributed by atoms with Gasteiger partial charge in [0.1, 0.15) is 0 Å². The van der Waals surface area contributed by atoms with Crippen molar-refractivity contribution in [3.8, 4) is 0 Å². The zero-order chi connectivity index (χ0) is 10.9. The van der Waals surface area contributed by atoms with Crippen LogP contribution in [-0.2, 0) is 0 Å². The molecule has 1 aromatic rings. The smallest absolute Gasteiger partial charge is 0.184 e. The molecule has 0 aromatic carbocycles. The zero-order valence-corrected chi connectivity index (χ0v) is 8.99. The Morgan fingerprint density at radius 3 is 2.60 bits per heavy atom. The molecule has 1 aromatic heterocycles. The maximum atomic E-state index is 12.1. The molecule has 2 N–H and O–H groups in total. The van der Waals surface area contributed by atoms with Crippen molar-refractivity contribution in [1.82, 2.24) is 4.98 Å². The van der Waals surface area contributed by atoms with Crippen LogP contribution in [0.2, 0.25) is 0 Å². The van der Waals surface area contributed by atoms with E-state index in [0.717, 1.165) is 31.4 Å². The van der Waals surface area contributed by atoms with E-state index in [9.17, 15) is 4.79 Å². The lowest BCUT2D eigenvalue weighted by molar-refractivity contribution is 0.0891. The van der Waals surface area contributed by atoms with Crippen LogP contribution in [0.15, 0.2) is 18.3 Å². The first kappa shape index (κ1) is 10.3. The van der Waals surface area contributed by atoms with Crippen LogP contribution in [0.4, 0.5) is 0 Å². The summed E-state index contributed by atoms with van der Waals surface area (Å²) in [6.45, 7) is 1.90. The van der Waals surface area contributed by atoms with Crippen LogP contribution in [0.1, 0.15) is 41.7 Å². The van der Waals surface area contributed by atoms with E-state index in [-0.39, 0.29) is 5.78 Å². The zero-order valence-electron chi connectivity index (χ0n) is 8.99. The molecule has 0 aliphatic heterocycles. The number of aromatic nitrogens is 1. The van der Waals surface area contributed by atoms with Crippen molar-refractivity contribution < 1.29 is 4.79 Å². The molecule has 0 amide bonds. The monoisotopic (exact) mass is 204 g/mol. The highest BCUT2D eigenvalue weighted by molar-refractivity contribution is 6.03. The van der Waals surface area contributed by atoms with E-state index in [2.05, 4.69) is 4.98 Å². The van der Waals surface area contributed by atoms with Crippen LogP contribution in [0.25, 0.3) is 0 Å². The number of ketones is 1. The minimum absolute atomic E-state index is 0.0486. The average molecular weight is 204 g/mol. The summed E-state index contributed by atoms with van der Waals surface area (Å²) in [4.78, 5) is 16.2. The molecule has 1 aliphatic carbocycles. The van der Waals surface area contributed by atoms with E-state index in [1.807, 2.05) is 19.1 Å². The number of Topliss-reactive ketones (excluding diaryl/α,β-unsaturated/α-hetero) is 1.